The number of aromatic nitrogens is 1. The average molecular weight is 453 g/mol. The third-order valence-corrected chi connectivity index (χ3v) is 6.17. The molecular formula is C17H19F4N3O3S2. The van der Waals surface area contributed by atoms with E-state index in [4.69, 9.17) is 0 Å². The van der Waals surface area contributed by atoms with E-state index in [1.165, 1.54) is 17.8 Å². The molecule has 0 radical (unpaired) electrons. The zero-order chi connectivity index (χ0) is 20.8. The molecule has 0 aliphatic carbocycles. The highest BCUT2D eigenvalue weighted by Gasteiger charge is 2.32. The molecule has 160 valence electrons. The molecule has 1 aliphatic rings. The predicted octanol–water partition coefficient (Wildman–Crippen LogP) is 3.22. The van der Waals surface area contributed by atoms with E-state index >= 15 is 0 Å². The van der Waals surface area contributed by atoms with Crippen molar-refractivity contribution in [2.75, 3.05) is 5.32 Å². The summed E-state index contributed by atoms with van der Waals surface area (Å²) in [4.78, 5) is 12.6. The number of alkyl halides is 2. The quantitative estimate of drug-likeness (QED) is 0.701. The van der Waals surface area contributed by atoms with Crippen LogP contribution in [0.25, 0.3) is 0 Å². The van der Waals surface area contributed by atoms with Gasteiger partial charge in [-0.3, -0.25) is 4.79 Å². The van der Waals surface area contributed by atoms with Crippen LogP contribution in [0.1, 0.15) is 41.4 Å². The summed E-state index contributed by atoms with van der Waals surface area (Å²) in [5, 5.41) is 2.14. The van der Waals surface area contributed by atoms with Crippen LogP contribution in [0, 0.1) is 11.6 Å². The van der Waals surface area contributed by atoms with Gasteiger partial charge in [0, 0.05) is 24.8 Å². The molecular weight excluding hydrogens is 434 g/mol. The van der Waals surface area contributed by atoms with E-state index in [0.29, 0.717) is 12.5 Å². The molecule has 2 heterocycles. The summed E-state index contributed by atoms with van der Waals surface area (Å²) in [6.45, 7) is 1.68. The number of anilines is 1. The van der Waals surface area contributed by atoms with E-state index < -0.39 is 45.2 Å². The van der Waals surface area contributed by atoms with Crippen LogP contribution in [-0.4, -0.2) is 24.9 Å². The Morgan fingerprint density at radius 1 is 1.31 bits per heavy atom. The lowest BCUT2D eigenvalue weighted by atomic mass is 10.1. The van der Waals surface area contributed by atoms with Crippen molar-refractivity contribution in [2.45, 2.75) is 37.1 Å². The van der Waals surface area contributed by atoms with Crippen molar-refractivity contribution < 1.29 is 30.8 Å². The Bertz CT molecular complexity index is 1050. The molecule has 0 fully saturated rings. The molecule has 0 bridgehead atoms. The van der Waals surface area contributed by atoms with Crippen LogP contribution in [0.5, 0.6) is 0 Å². The van der Waals surface area contributed by atoms with Crippen LogP contribution in [0.15, 0.2) is 23.2 Å². The molecule has 1 aromatic carbocycles. The molecule has 1 aliphatic heterocycles. The van der Waals surface area contributed by atoms with Crippen molar-refractivity contribution in [2.24, 2.45) is 7.05 Å². The first-order valence-electron chi connectivity index (χ1n) is 8.30. The van der Waals surface area contributed by atoms with Gasteiger partial charge in [-0.15, -0.1) is 0 Å². The van der Waals surface area contributed by atoms with Gasteiger partial charge in [-0.05, 0) is 31.9 Å². The van der Waals surface area contributed by atoms with Gasteiger partial charge >= 0.3 is 0 Å². The van der Waals surface area contributed by atoms with E-state index in [1.807, 2.05) is 0 Å². The standard InChI is InChI=1S/C17H17F4N3O3S.H2S/c1-8-3-4-9-12(28(26,27)23-8)7-24(2)15(9)17(25)22-11-6-5-10(18)13(14(11)19)16(20)21;/h5-8,16,23H,3-4H2,1-2H3,(H,22,25);1H2/t8-;/m0./s1. The molecule has 0 unspecified atom stereocenters. The van der Waals surface area contributed by atoms with Gasteiger partial charge in [0.25, 0.3) is 12.3 Å². The maximum Gasteiger partial charge on any atom is 0.272 e. The molecule has 6 nitrogen and oxygen atoms in total. The lowest BCUT2D eigenvalue weighted by Gasteiger charge is -2.12. The number of hydrogen-bond acceptors (Lipinski definition) is 3. The monoisotopic (exact) mass is 453 g/mol. The topological polar surface area (TPSA) is 80.2 Å². The van der Waals surface area contributed by atoms with Crippen LogP contribution in [0.2, 0.25) is 0 Å². The summed E-state index contributed by atoms with van der Waals surface area (Å²) in [7, 11) is -2.40. The number of sulfonamides is 1. The van der Waals surface area contributed by atoms with Crippen LogP contribution >= 0.6 is 13.5 Å². The van der Waals surface area contributed by atoms with E-state index in [1.54, 1.807) is 6.92 Å². The van der Waals surface area contributed by atoms with Gasteiger partial charge in [0.1, 0.15) is 16.4 Å². The fourth-order valence-corrected chi connectivity index (χ4v) is 4.81. The summed E-state index contributed by atoms with van der Waals surface area (Å²) >= 11 is 0. The van der Waals surface area contributed by atoms with Crippen molar-refractivity contribution in [3.05, 3.63) is 46.8 Å². The molecule has 3 rings (SSSR count). The minimum atomic E-state index is -3.84. The first-order valence-corrected chi connectivity index (χ1v) is 9.79. The number of carbonyl (C=O) groups is 1. The van der Waals surface area contributed by atoms with Crippen LogP contribution < -0.4 is 10.0 Å². The Labute approximate surface area is 171 Å². The van der Waals surface area contributed by atoms with Crippen molar-refractivity contribution in [1.82, 2.24) is 9.29 Å². The molecule has 29 heavy (non-hydrogen) atoms. The van der Waals surface area contributed by atoms with Gasteiger partial charge < -0.3 is 9.88 Å². The Hall–Kier alpha value is -2.05. The van der Waals surface area contributed by atoms with Gasteiger partial charge in [0.15, 0.2) is 5.82 Å². The molecule has 12 heteroatoms. The van der Waals surface area contributed by atoms with E-state index in [9.17, 15) is 30.8 Å². The molecule has 0 saturated heterocycles. The van der Waals surface area contributed by atoms with Gasteiger partial charge in [0.2, 0.25) is 10.0 Å². The van der Waals surface area contributed by atoms with Crippen LogP contribution in [-0.2, 0) is 23.5 Å². The maximum atomic E-state index is 14.2. The smallest absolute Gasteiger partial charge is 0.272 e. The second-order valence-electron chi connectivity index (χ2n) is 6.57. The van der Waals surface area contributed by atoms with Crippen molar-refractivity contribution in [3.63, 3.8) is 0 Å². The minimum Gasteiger partial charge on any atom is -0.345 e. The second-order valence-corrected chi connectivity index (χ2v) is 8.25. The van der Waals surface area contributed by atoms with E-state index in [2.05, 4.69) is 10.0 Å². The third kappa shape index (κ3) is 4.28. The lowest BCUT2D eigenvalue weighted by Crippen LogP contribution is -2.30. The zero-order valence-electron chi connectivity index (χ0n) is 15.4. The fraction of sp³-hybridized carbons (Fsp3) is 0.353. The van der Waals surface area contributed by atoms with Gasteiger partial charge in [-0.1, -0.05) is 0 Å². The van der Waals surface area contributed by atoms with Gasteiger partial charge in [-0.25, -0.2) is 30.7 Å². The summed E-state index contributed by atoms with van der Waals surface area (Å²) in [5.41, 5.74) is -1.87. The summed E-state index contributed by atoms with van der Waals surface area (Å²) < 4.78 is 82.0. The normalized spacial score (nSPS) is 18.0. The number of hydrogen-bond donors (Lipinski definition) is 2. The zero-order valence-corrected chi connectivity index (χ0v) is 17.2. The summed E-state index contributed by atoms with van der Waals surface area (Å²) in [6, 6.07) is 1.11. The molecule has 1 atom stereocenters. The SMILES string of the molecule is C[C@H]1CCc2c(cn(C)c2C(=O)Nc2ccc(F)c(C(F)F)c2F)S(=O)(=O)N1.S. The highest BCUT2D eigenvalue weighted by molar-refractivity contribution is 7.89. The predicted molar refractivity (Wildman–Crippen MR) is 103 cm³/mol. The molecule has 0 saturated carbocycles. The number of rotatable bonds is 3. The summed E-state index contributed by atoms with van der Waals surface area (Å²) in [6.07, 6.45) is -1.45. The second kappa shape index (κ2) is 8.36. The number of nitrogens with zero attached hydrogens (tertiary/aromatic N) is 1. The Morgan fingerprint density at radius 2 is 1.97 bits per heavy atom. The summed E-state index contributed by atoms with van der Waals surface area (Å²) in [5.74, 6) is -3.89. The Balaban J connectivity index is 0.00000300. The number of fused-ring (bicyclic) bond motifs is 1. The highest BCUT2D eigenvalue weighted by atomic mass is 32.2. The molecule has 0 spiro atoms. The molecule has 1 aromatic heterocycles. The Morgan fingerprint density at radius 3 is 2.59 bits per heavy atom. The third-order valence-electron chi connectivity index (χ3n) is 4.53. The molecule has 1 amide bonds. The molecule has 2 N–H and O–H groups in total. The first-order chi connectivity index (χ1) is 13.0. The maximum absolute atomic E-state index is 14.2. The lowest BCUT2D eigenvalue weighted by molar-refractivity contribution is 0.101. The number of aryl methyl sites for hydroxylation is 1. The molecule has 2 aromatic rings. The number of carbonyl (C=O) groups excluding carboxylic acids is 1. The van der Waals surface area contributed by atoms with Gasteiger partial charge in [0.05, 0.1) is 11.3 Å². The average Bonchev–Trinajstić information content (AvgIpc) is 2.87. The number of nitrogens with one attached hydrogen (secondary N) is 2. The van der Waals surface area contributed by atoms with Crippen molar-refractivity contribution >= 4 is 35.1 Å². The minimum absolute atomic E-state index is 0. The van der Waals surface area contributed by atoms with Crippen molar-refractivity contribution in [1.29, 1.82) is 0 Å². The van der Waals surface area contributed by atoms with Gasteiger partial charge in [-0.2, -0.15) is 13.5 Å². The number of benzene rings is 1. The largest absolute Gasteiger partial charge is 0.345 e. The fourth-order valence-electron chi connectivity index (χ4n) is 3.21. The van der Waals surface area contributed by atoms with E-state index in [-0.39, 0.29) is 42.1 Å². The van der Waals surface area contributed by atoms with Crippen LogP contribution in [0.3, 0.4) is 0 Å². The van der Waals surface area contributed by atoms with Crippen LogP contribution in [0.4, 0.5) is 23.2 Å². The van der Waals surface area contributed by atoms with Crippen molar-refractivity contribution in [3.8, 4) is 0 Å². The number of halogens is 4. The van der Waals surface area contributed by atoms with E-state index in [0.717, 1.165) is 6.07 Å². The first kappa shape index (κ1) is 23.2. The Kier molecular flexibility index (Phi) is 6.70. The number of amides is 1. The highest BCUT2D eigenvalue weighted by Crippen LogP contribution is 2.31.